The van der Waals surface area contributed by atoms with Crippen LogP contribution in [0.3, 0.4) is 0 Å². The monoisotopic (exact) mass is 432 g/mol. The van der Waals surface area contributed by atoms with Crippen LogP contribution in [0.4, 0.5) is 0 Å². The Morgan fingerprint density at radius 1 is 1.26 bits per heavy atom. The van der Waals surface area contributed by atoms with E-state index in [-0.39, 0.29) is 24.5 Å². The molecular weight excluding hydrogens is 396 g/mol. The zero-order valence-corrected chi connectivity index (χ0v) is 19.2. The van der Waals surface area contributed by atoms with Gasteiger partial charge in [0.05, 0.1) is 5.41 Å². The highest BCUT2D eigenvalue weighted by Gasteiger charge is 2.53. The second-order valence-corrected chi connectivity index (χ2v) is 8.90. The van der Waals surface area contributed by atoms with Gasteiger partial charge in [-0.1, -0.05) is 31.2 Å². The Morgan fingerprint density at radius 2 is 1.90 bits per heavy atom. The molecule has 1 aliphatic heterocycles. The number of hydrazine groups is 1. The van der Waals surface area contributed by atoms with E-state index in [0.717, 1.165) is 17.7 Å². The lowest BCUT2D eigenvalue weighted by Gasteiger charge is -2.43. The fourth-order valence-corrected chi connectivity index (χ4v) is 4.18. The smallest absolute Gasteiger partial charge is 0.309 e. The first-order valence-electron chi connectivity index (χ1n) is 10.8. The Balaban J connectivity index is 2.38. The number of nitrogens with zero attached hydrogens (tertiary/aromatic N) is 1. The third kappa shape index (κ3) is 5.31. The van der Waals surface area contributed by atoms with Gasteiger partial charge >= 0.3 is 5.97 Å². The molecule has 0 bridgehead atoms. The van der Waals surface area contributed by atoms with Crippen LogP contribution in [0.25, 0.3) is 0 Å². The molecule has 0 aliphatic carbocycles. The summed E-state index contributed by atoms with van der Waals surface area (Å²) < 4.78 is 0. The number of likely N-dealkylation sites (N-methyl/N-ethyl adjacent to an activating group) is 1. The second-order valence-electron chi connectivity index (χ2n) is 8.90. The predicted octanol–water partition coefficient (Wildman–Crippen LogP) is 1.66. The summed E-state index contributed by atoms with van der Waals surface area (Å²) in [6.45, 7) is 4.85. The van der Waals surface area contributed by atoms with Gasteiger partial charge in [-0.05, 0) is 51.4 Å². The third-order valence-electron chi connectivity index (χ3n) is 6.47. The largest absolute Gasteiger partial charge is 0.481 e. The molecule has 1 saturated heterocycles. The Morgan fingerprint density at radius 3 is 2.42 bits per heavy atom. The van der Waals surface area contributed by atoms with E-state index in [1.54, 1.807) is 13.8 Å². The fraction of sp³-hybridized carbons (Fsp3) is 0.609. The van der Waals surface area contributed by atoms with Gasteiger partial charge in [0, 0.05) is 32.5 Å². The maximum atomic E-state index is 13.5. The summed E-state index contributed by atoms with van der Waals surface area (Å²) in [5, 5.41) is 12.2. The highest BCUT2D eigenvalue weighted by Crippen LogP contribution is 2.37. The molecular formula is C23H36N4O4. The molecule has 1 aromatic rings. The number of amides is 1. The minimum absolute atomic E-state index is 0.00600. The summed E-state index contributed by atoms with van der Waals surface area (Å²) in [7, 11) is 5.51. The lowest BCUT2D eigenvalue weighted by molar-refractivity contribution is -0.149. The van der Waals surface area contributed by atoms with E-state index >= 15 is 0 Å². The van der Waals surface area contributed by atoms with Gasteiger partial charge in [-0.2, -0.15) is 0 Å². The topological polar surface area (TPSA) is 111 Å². The maximum Gasteiger partial charge on any atom is 0.309 e. The predicted molar refractivity (Wildman–Crippen MR) is 119 cm³/mol. The minimum Gasteiger partial charge on any atom is -0.481 e. The van der Waals surface area contributed by atoms with Gasteiger partial charge in [0.15, 0.2) is 11.3 Å². The number of carbonyl (C=O) groups excluding carboxylic acids is 2. The fourth-order valence-electron chi connectivity index (χ4n) is 4.18. The molecule has 0 spiro atoms. The molecule has 0 saturated carbocycles. The average Bonchev–Trinajstić information content (AvgIpc) is 2.76. The molecule has 8 nitrogen and oxygen atoms in total. The average molecular weight is 433 g/mol. The van der Waals surface area contributed by atoms with Gasteiger partial charge in [-0.25, -0.2) is 5.43 Å². The van der Waals surface area contributed by atoms with E-state index in [0.29, 0.717) is 19.4 Å². The Bertz CT molecular complexity index is 795. The lowest BCUT2D eigenvalue weighted by Crippen LogP contribution is -2.71. The number of rotatable bonds is 10. The standard InChI is InChI=1S/C23H36N4O4/c1-6-22(2,21(30)31)13-11-19(28)23(20(29)24-3)18(12-14-25-26-23)17-9-7-16(8-10-17)15-27(4)5/h7-10,18,25-26H,6,11-15H2,1-5H3,(H,24,29)(H,30,31)/t18-,22?,23-/m0/s1. The van der Waals surface area contributed by atoms with Crippen molar-refractivity contribution >= 4 is 17.7 Å². The van der Waals surface area contributed by atoms with Crippen molar-refractivity contribution < 1.29 is 19.5 Å². The van der Waals surface area contributed by atoms with Crippen LogP contribution in [0.1, 0.15) is 56.6 Å². The number of ketones is 1. The van der Waals surface area contributed by atoms with E-state index in [9.17, 15) is 19.5 Å². The van der Waals surface area contributed by atoms with Crippen molar-refractivity contribution in [3.8, 4) is 0 Å². The molecule has 1 amide bonds. The highest BCUT2D eigenvalue weighted by molar-refractivity contribution is 6.12. The van der Waals surface area contributed by atoms with Crippen molar-refractivity contribution in [2.24, 2.45) is 5.41 Å². The number of nitrogens with one attached hydrogen (secondary N) is 3. The summed E-state index contributed by atoms with van der Waals surface area (Å²) in [5.41, 5.74) is 5.53. The zero-order chi connectivity index (χ0) is 23.2. The third-order valence-corrected chi connectivity index (χ3v) is 6.47. The molecule has 4 N–H and O–H groups in total. The van der Waals surface area contributed by atoms with Crippen molar-refractivity contribution in [1.82, 2.24) is 21.1 Å². The van der Waals surface area contributed by atoms with E-state index in [1.807, 2.05) is 38.4 Å². The molecule has 1 heterocycles. The summed E-state index contributed by atoms with van der Waals surface area (Å²) in [4.78, 5) is 40.4. The quantitative estimate of drug-likeness (QED) is 0.416. The van der Waals surface area contributed by atoms with Crippen molar-refractivity contribution in [3.05, 3.63) is 35.4 Å². The first kappa shape index (κ1) is 25.0. The van der Waals surface area contributed by atoms with Crippen LogP contribution in [-0.4, -0.2) is 60.9 Å². The van der Waals surface area contributed by atoms with Crippen molar-refractivity contribution in [1.29, 1.82) is 0 Å². The summed E-state index contributed by atoms with van der Waals surface area (Å²) >= 11 is 0. The molecule has 8 heteroatoms. The first-order chi connectivity index (χ1) is 14.6. The van der Waals surface area contributed by atoms with Crippen LogP contribution >= 0.6 is 0 Å². The van der Waals surface area contributed by atoms with Gasteiger partial charge in [-0.3, -0.25) is 19.8 Å². The Kier molecular flexibility index (Phi) is 8.34. The summed E-state index contributed by atoms with van der Waals surface area (Å²) in [6, 6.07) is 8.01. The van der Waals surface area contributed by atoms with E-state index in [1.165, 1.54) is 7.05 Å². The van der Waals surface area contributed by atoms with Gasteiger partial charge in [0.1, 0.15) is 0 Å². The van der Waals surface area contributed by atoms with Gasteiger partial charge in [0.25, 0.3) is 0 Å². The van der Waals surface area contributed by atoms with Crippen LogP contribution in [0.15, 0.2) is 24.3 Å². The molecule has 1 aromatic carbocycles. The van der Waals surface area contributed by atoms with Crippen LogP contribution in [0.2, 0.25) is 0 Å². The van der Waals surface area contributed by atoms with Gasteiger partial charge in [-0.15, -0.1) is 0 Å². The van der Waals surface area contributed by atoms with Crippen LogP contribution < -0.4 is 16.2 Å². The molecule has 0 aromatic heterocycles. The normalized spacial score (nSPS) is 23.2. The highest BCUT2D eigenvalue weighted by atomic mass is 16.4. The van der Waals surface area contributed by atoms with Crippen molar-refractivity contribution in [3.63, 3.8) is 0 Å². The second kappa shape index (κ2) is 10.3. The molecule has 3 atom stereocenters. The number of benzene rings is 1. The first-order valence-corrected chi connectivity index (χ1v) is 10.8. The SMILES string of the molecule is CCC(C)(CCC(=O)[C@@]1(C(=O)NC)NNCC[C@H]1c1ccc(CN(C)C)cc1)C(=O)O. The van der Waals surface area contributed by atoms with Crippen molar-refractivity contribution in [2.75, 3.05) is 27.7 Å². The number of aliphatic carboxylic acids is 1. The van der Waals surface area contributed by atoms with E-state index in [2.05, 4.69) is 21.1 Å². The van der Waals surface area contributed by atoms with Crippen LogP contribution in [0.5, 0.6) is 0 Å². The summed E-state index contributed by atoms with van der Waals surface area (Å²) in [6.07, 6.45) is 1.18. The Hall–Kier alpha value is -2.29. The lowest BCUT2D eigenvalue weighted by atomic mass is 9.70. The number of Topliss-reactive ketones (excluding diaryl/α,β-unsaturated/α-hetero) is 1. The molecule has 1 aliphatic rings. The van der Waals surface area contributed by atoms with Crippen LogP contribution in [-0.2, 0) is 20.9 Å². The number of carbonyl (C=O) groups is 3. The molecule has 1 unspecified atom stereocenters. The zero-order valence-electron chi connectivity index (χ0n) is 19.2. The van der Waals surface area contributed by atoms with E-state index in [4.69, 9.17) is 0 Å². The number of carboxylic acids is 1. The molecule has 2 rings (SSSR count). The van der Waals surface area contributed by atoms with Crippen LogP contribution in [0, 0.1) is 5.41 Å². The van der Waals surface area contributed by atoms with Gasteiger partial charge in [0.2, 0.25) is 5.91 Å². The molecule has 172 valence electrons. The molecule has 31 heavy (non-hydrogen) atoms. The Labute approximate surface area is 184 Å². The maximum absolute atomic E-state index is 13.5. The number of carboxylic acid groups (broad SMARTS) is 1. The molecule has 1 fully saturated rings. The van der Waals surface area contributed by atoms with Gasteiger partial charge < -0.3 is 15.3 Å². The minimum atomic E-state index is -1.50. The van der Waals surface area contributed by atoms with E-state index < -0.39 is 22.8 Å². The molecule has 0 radical (unpaired) electrons. The number of hydrogen-bond donors (Lipinski definition) is 4. The van der Waals surface area contributed by atoms with Crippen molar-refractivity contribution in [2.45, 2.75) is 57.5 Å². The number of hydrogen-bond acceptors (Lipinski definition) is 6. The summed E-state index contributed by atoms with van der Waals surface area (Å²) in [5.74, 6) is -2.02.